The highest BCUT2D eigenvalue weighted by molar-refractivity contribution is 5.69. The fraction of sp³-hybridized carbons (Fsp3) is 0.743. The lowest BCUT2D eigenvalue weighted by Gasteiger charge is -2.28. The summed E-state index contributed by atoms with van der Waals surface area (Å²) in [6.45, 7) is 15.5. The van der Waals surface area contributed by atoms with Crippen LogP contribution < -0.4 is 0 Å². The van der Waals surface area contributed by atoms with E-state index in [0.717, 1.165) is 29.5 Å². The lowest BCUT2D eigenvalue weighted by Crippen LogP contribution is -2.18. The van der Waals surface area contributed by atoms with Gasteiger partial charge in [0.15, 0.2) is 0 Å². The van der Waals surface area contributed by atoms with Gasteiger partial charge >= 0.3 is 5.97 Å². The van der Waals surface area contributed by atoms with Crippen molar-refractivity contribution in [3.8, 4) is 5.75 Å². The average Bonchev–Trinajstić information content (AvgIpc) is 2.83. The lowest BCUT2D eigenvalue weighted by molar-refractivity contribution is -0.143. The zero-order valence-electron chi connectivity index (χ0n) is 26.1. The molecule has 0 spiro atoms. The topological polar surface area (TPSA) is 46.5 Å². The number of allylic oxidation sites excluding steroid dienone is 2. The smallest absolute Gasteiger partial charge is 0.306 e. The number of aryl methyl sites for hydroxylation is 1. The van der Waals surface area contributed by atoms with Crippen LogP contribution in [-0.4, -0.2) is 17.7 Å². The summed E-state index contributed by atoms with van der Waals surface area (Å²) in [5.74, 6) is 0.261. The Bertz CT molecular complexity index is 772. The second-order valence-electron chi connectivity index (χ2n) is 13.2. The molecule has 0 aliphatic heterocycles. The van der Waals surface area contributed by atoms with E-state index in [1.54, 1.807) is 0 Å². The number of aromatic hydroxyl groups is 1. The van der Waals surface area contributed by atoms with Gasteiger partial charge in [-0.1, -0.05) is 131 Å². The first kappa shape index (κ1) is 34.3. The molecule has 0 aliphatic rings. The molecule has 0 saturated carbocycles. The van der Waals surface area contributed by atoms with Crippen LogP contribution in [0.4, 0.5) is 0 Å². The zero-order chi connectivity index (χ0) is 28.4. The molecule has 0 saturated heterocycles. The molecule has 1 aromatic rings. The van der Waals surface area contributed by atoms with Crippen molar-refractivity contribution >= 4 is 5.97 Å². The molecule has 3 heteroatoms. The maximum absolute atomic E-state index is 12.3. The van der Waals surface area contributed by atoms with Gasteiger partial charge in [-0.05, 0) is 66.0 Å². The van der Waals surface area contributed by atoms with Gasteiger partial charge in [-0.15, -0.1) is 0 Å². The summed E-state index contributed by atoms with van der Waals surface area (Å²) in [6, 6.07) is 4.12. The minimum absolute atomic E-state index is 0.125. The summed E-state index contributed by atoms with van der Waals surface area (Å²) in [4.78, 5) is 12.3. The number of hydrogen-bond donors (Lipinski definition) is 1. The van der Waals surface area contributed by atoms with E-state index in [9.17, 15) is 9.90 Å². The SMILES string of the molecule is CCCCCCCCC=CCCCCCCCCOC(=O)CCc1cc(C(C)(C)C)c(O)c(C(C)(C)C)c1. The van der Waals surface area contributed by atoms with E-state index < -0.39 is 0 Å². The number of carbonyl (C=O) groups is 1. The van der Waals surface area contributed by atoms with Crippen LogP contribution in [0.15, 0.2) is 24.3 Å². The summed E-state index contributed by atoms with van der Waals surface area (Å²) < 4.78 is 5.50. The van der Waals surface area contributed by atoms with E-state index >= 15 is 0 Å². The number of phenolic OH excluding ortho intramolecular Hbond substituents is 1. The quantitative estimate of drug-likeness (QED) is 0.110. The van der Waals surface area contributed by atoms with Gasteiger partial charge in [-0.3, -0.25) is 4.79 Å². The van der Waals surface area contributed by atoms with Crippen LogP contribution in [-0.2, 0) is 26.8 Å². The van der Waals surface area contributed by atoms with E-state index in [4.69, 9.17) is 4.74 Å². The number of ether oxygens (including phenoxy) is 1. The second kappa shape index (κ2) is 18.5. The molecular formula is C35H60O3. The molecule has 0 fully saturated rings. The first-order valence-corrected chi connectivity index (χ1v) is 15.6. The van der Waals surface area contributed by atoms with Crippen LogP contribution in [0, 0.1) is 0 Å². The molecule has 38 heavy (non-hydrogen) atoms. The van der Waals surface area contributed by atoms with Crippen molar-refractivity contribution in [3.63, 3.8) is 0 Å². The molecule has 0 bridgehead atoms. The van der Waals surface area contributed by atoms with Crippen molar-refractivity contribution in [2.24, 2.45) is 0 Å². The number of esters is 1. The highest BCUT2D eigenvalue weighted by atomic mass is 16.5. The Labute approximate surface area is 235 Å². The Morgan fingerprint density at radius 1 is 0.737 bits per heavy atom. The van der Waals surface area contributed by atoms with Gasteiger partial charge in [-0.25, -0.2) is 0 Å². The fourth-order valence-corrected chi connectivity index (χ4v) is 4.84. The Morgan fingerprint density at radius 3 is 1.66 bits per heavy atom. The predicted molar refractivity (Wildman–Crippen MR) is 164 cm³/mol. The summed E-state index contributed by atoms with van der Waals surface area (Å²) in [5, 5.41) is 10.9. The number of hydrogen-bond acceptors (Lipinski definition) is 3. The number of unbranched alkanes of at least 4 members (excludes halogenated alkanes) is 12. The molecule has 1 aromatic carbocycles. The van der Waals surface area contributed by atoms with Gasteiger partial charge in [-0.2, -0.15) is 0 Å². The second-order valence-corrected chi connectivity index (χ2v) is 13.2. The molecule has 0 unspecified atom stereocenters. The van der Waals surface area contributed by atoms with Crippen molar-refractivity contribution < 1.29 is 14.6 Å². The minimum Gasteiger partial charge on any atom is -0.507 e. The molecule has 0 amide bonds. The highest BCUT2D eigenvalue weighted by Crippen LogP contribution is 2.40. The van der Waals surface area contributed by atoms with Crippen LogP contribution in [0.5, 0.6) is 5.75 Å². The van der Waals surface area contributed by atoms with E-state index in [-0.39, 0.29) is 16.8 Å². The first-order chi connectivity index (χ1) is 18.0. The third-order valence-corrected chi connectivity index (χ3v) is 7.32. The molecule has 3 nitrogen and oxygen atoms in total. The van der Waals surface area contributed by atoms with E-state index in [0.29, 0.717) is 25.2 Å². The number of carbonyl (C=O) groups excluding carboxylic acids is 1. The molecule has 0 atom stereocenters. The first-order valence-electron chi connectivity index (χ1n) is 15.6. The largest absolute Gasteiger partial charge is 0.507 e. The van der Waals surface area contributed by atoms with Crippen molar-refractivity contribution in [1.29, 1.82) is 0 Å². The minimum atomic E-state index is -0.162. The molecule has 1 N–H and O–H groups in total. The van der Waals surface area contributed by atoms with Crippen LogP contribution in [0.3, 0.4) is 0 Å². The summed E-state index contributed by atoms with van der Waals surface area (Å²) in [5.41, 5.74) is 2.65. The lowest BCUT2D eigenvalue weighted by atomic mass is 9.78. The number of phenols is 1. The zero-order valence-corrected chi connectivity index (χ0v) is 26.1. The normalized spacial score (nSPS) is 12.4. The average molecular weight is 529 g/mol. The Balaban J connectivity index is 2.17. The van der Waals surface area contributed by atoms with E-state index in [2.05, 4.69) is 72.8 Å². The van der Waals surface area contributed by atoms with Crippen molar-refractivity contribution in [1.82, 2.24) is 0 Å². The van der Waals surface area contributed by atoms with Gasteiger partial charge < -0.3 is 9.84 Å². The monoisotopic (exact) mass is 528 g/mol. The molecule has 218 valence electrons. The van der Waals surface area contributed by atoms with Gasteiger partial charge in [0.05, 0.1) is 6.61 Å². The van der Waals surface area contributed by atoms with E-state index in [1.165, 1.54) is 77.0 Å². The van der Waals surface area contributed by atoms with E-state index in [1.807, 2.05) is 0 Å². The van der Waals surface area contributed by atoms with Gasteiger partial charge in [0, 0.05) is 6.42 Å². The summed E-state index contributed by atoms with van der Waals surface area (Å²) in [7, 11) is 0. The summed E-state index contributed by atoms with van der Waals surface area (Å²) in [6.07, 6.45) is 23.6. The summed E-state index contributed by atoms with van der Waals surface area (Å²) >= 11 is 0. The Hall–Kier alpha value is -1.77. The molecule has 0 radical (unpaired) electrons. The van der Waals surface area contributed by atoms with Crippen LogP contribution in [0.1, 0.15) is 161 Å². The third-order valence-electron chi connectivity index (χ3n) is 7.32. The van der Waals surface area contributed by atoms with Gasteiger partial charge in [0.1, 0.15) is 5.75 Å². The molecule has 0 heterocycles. The molecule has 0 aliphatic carbocycles. The number of benzene rings is 1. The Kier molecular flexibility index (Phi) is 16.7. The van der Waals surface area contributed by atoms with Crippen LogP contribution in [0.2, 0.25) is 0 Å². The van der Waals surface area contributed by atoms with Crippen molar-refractivity contribution in [3.05, 3.63) is 41.0 Å². The van der Waals surface area contributed by atoms with Gasteiger partial charge in [0.2, 0.25) is 0 Å². The number of rotatable bonds is 19. The van der Waals surface area contributed by atoms with Crippen molar-refractivity contribution in [2.75, 3.05) is 6.61 Å². The van der Waals surface area contributed by atoms with Crippen LogP contribution in [0.25, 0.3) is 0 Å². The highest BCUT2D eigenvalue weighted by Gasteiger charge is 2.26. The Morgan fingerprint density at radius 2 is 1.18 bits per heavy atom. The van der Waals surface area contributed by atoms with Gasteiger partial charge in [0.25, 0.3) is 0 Å². The fourth-order valence-electron chi connectivity index (χ4n) is 4.84. The standard InChI is InChI=1S/C35H60O3/c1-8-9-10-11-12-13-14-15-16-17-18-19-20-21-22-23-26-38-32(36)25-24-29-27-30(34(2,3)4)33(37)31(28-29)35(5,6)7/h15-16,27-28,37H,8-14,17-26H2,1-7H3. The molecular weight excluding hydrogens is 468 g/mol. The maximum atomic E-state index is 12.3. The molecule has 1 rings (SSSR count). The maximum Gasteiger partial charge on any atom is 0.306 e. The molecule has 0 aromatic heterocycles. The van der Waals surface area contributed by atoms with Crippen molar-refractivity contribution in [2.45, 2.75) is 162 Å². The third kappa shape index (κ3) is 15.0. The predicted octanol–water partition coefficient (Wildman–Crippen LogP) is 10.5. The van der Waals surface area contributed by atoms with Crippen LogP contribution >= 0.6 is 0 Å².